The van der Waals surface area contributed by atoms with E-state index in [4.69, 9.17) is 9.26 Å². The number of carbonyl (C=O) groups excluding carboxylic acids is 1. The fourth-order valence-electron chi connectivity index (χ4n) is 2.76. The molecule has 1 saturated heterocycles. The molecule has 1 amide bonds. The van der Waals surface area contributed by atoms with Gasteiger partial charge in [-0.1, -0.05) is 5.16 Å². The van der Waals surface area contributed by atoms with Gasteiger partial charge in [0, 0.05) is 37.9 Å². The van der Waals surface area contributed by atoms with Crippen LogP contribution >= 0.6 is 0 Å². The molecule has 1 aromatic heterocycles. The Morgan fingerprint density at radius 2 is 1.96 bits per heavy atom. The third-order valence-electron chi connectivity index (χ3n) is 4.07. The first-order chi connectivity index (χ1) is 11.6. The van der Waals surface area contributed by atoms with Gasteiger partial charge in [-0.25, -0.2) is 0 Å². The largest absolute Gasteiger partial charge is 0.497 e. The molecule has 7 nitrogen and oxygen atoms in total. The summed E-state index contributed by atoms with van der Waals surface area (Å²) < 4.78 is 10.2. The molecule has 0 saturated carbocycles. The highest BCUT2D eigenvalue weighted by Crippen LogP contribution is 2.20. The second-order valence-electron chi connectivity index (χ2n) is 5.84. The van der Waals surface area contributed by atoms with Crippen LogP contribution in [-0.2, 0) is 4.79 Å². The number of carbonyl (C=O) groups is 1. The van der Waals surface area contributed by atoms with Crippen LogP contribution in [0.2, 0.25) is 0 Å². The normalized spacial score (nSPS) is 15.3. The number of nitrogens with one attached hydrogen (secondary N) is 1. The van der Waals surface area contributed by atoms with Crippen molar-refractivity contribution in [3.8, 4) is 5.75 Å². The van der Waals surface area contributed by atoms with Crippen LogP contribution in [0.25, 0.3) is 0 Å². The first kappa shape index (κ1) is 16.3. The molecule has 24 heavy (non-hydrogen) atoms. The minimum Gasteiger partial charge on any atom is -0.497 e. The van der Waals surface area contributed by atoms with Crippen molar-refractivity contribution in [1.29, 1.82) is 0 Å². The topological polar surface area (TPSA) is 70.8 Å². The predicted octanol–water partition coefficient (Wildman–Crippen LogP) is 1.75. The maximum absolute atomic E-state index is 12.0. The Bertz CT molecular complexity index is 675. The molecule has 1 aliphatic heterocycles. The molecule has 7 heteroatoms. The van der Waals surface area contributed by atoms with Crippen LogP contribution in [0.5, 0.6) is 5.75 Å². The van der Waals surface area contributed by atoms with Gasteiger partial charge in [0.15, 0.2) is 0 Å². The number of ether oxygens (including phenoxy) is 1. The lowest BCUT2D eigenvalue weighted by Gasteiger charge is -2.35. The van der Waals surface area contributed by atoms with Crippen molar-refractivity contribution in [2.75, 3.05) is 50.1 Å². The van der Waals surface area contributed by atoms with Crippen molar-refractivity contribution >= 4 is 17.5 Å². The summed E-state index contributed by atoms with van der Waals surface area (Å²) in [5.41, 5.74) is 1.93. The summed E-state index contributed by atoms with van der Waals surface area (Å²) in [6, 6.07) is 9.77. The second kappa shape index (κ2) is 7.35. The Hall–Kier alpha value is -2.54. The Morgan fingerprint density at radius 3 is 2.54 bits per heavy atom. The second-order valence-corrected chi connectivity index (χ2v) is 5.84. The molecule has 1 aliphatic rings. The summed E-state index contributed by atoms with van der Waals surface area (Å²) in [7, 11) is 1.67. The van der Waals surface area contributed by atoms with Crippen molar-refractivity contribution in [3.05, 3.63) is 36.0 Å². The van der Waals surface area contributed by atoms with Gasteiger partial charge in [0.25, 0.3) is 0 Å². The smallest absolute Gasteiger partial charge is 0.240 e. The molecule has 0 aliphatic carbocycles. The van der Waals surface area contributed by atoms with E-state index in [9.17, 15) is 4.79 Å². The standard InChI is InChI=1S/C17H22N4O3/c1-13-11-17(24-19-13)18-16(22)12-20-7-9-21(10-8-20)14-3-5-15(23-2)6-4-14/h3-6,11H,7-10,12H2,1-2H3,(H,18,22). The summed E-state index contributed by atoms with van der Waals surface area (Å²) in [4.78, 5) is 16.5. The molecule has 0 atom stereocenters. The van der Waals surface area contributed by atoms with Crippen molar-refractivity contribution in [2.45, 2.75) is 6.92 Å². The Balaban J connectivity index is 1.46. The van der Waals surface area contributed by atoms with Crippen LogP contribution in [0.3, 0.4) is 0 Å². The quantitative estimate of drug-likeness (QED) is 0.901. The van der Waals surface area contributed by atoms with Gasteiger partial charge in [-0.15, -0.1) is 0 Å². The zero-order chi connectivity index (χ0) is 16.9. The molecule has 1 fully saturated rings. The van der Waals surface area contributed by atoms with E-state index >= 15 is 0 Å². The van der Waals surface area contributed by atoms with Crippen LogP contribution < -0.4 is 15.0 Å². The highest BCUT2D eigenvalue weighted by Gasteiger charge is 2.19. The van der Waals surface area contributed by atoms with Gasteiger partial charge in [-0.2, -0.15) is 0 Å². The highest BCUT2D eigenvalue weighted by atomic mass is 16.5. The van der Waals surface area contributed by atoms with Crippen molar-refractivity contribution in [1.82, 2.24) is 10.1 Å². The van der Waals surface area contributed by atoms with Crippen LogP contribution in [0.15, 0.2) is 34.9 Å². The van der Waals surface area contributed by atoms with Crippen LogP contribution in [0.4, 0.5) is 11.6 Å². The van der Waals surface area contributed by atoms with E-state index in [1.807, 2.05) is 19.1 Å². The van der Waals surface area contributed by atoms with E-state index in [-0.39, 0.29) is 5.91 Å². The summed E-state index contributed by atoms with van der Waals surface area (Å²) >= 11 is 0. The average molecular weight is 330 g/mol. The summed E-state index contributed by atoms with van der Waals surface area (Å²) in [6.45, 7) is 5.64. The van der Waals surface area contributed by atoms with Crippen LogP contribution in [0, 0.1) is 6.92 Å². The predicted molar refractivity (Wildman–Crippen MR) is 91.5 cm³/mol. The number of methoxy groups -OCH3 is 1. The summed E-state index contributed by atoms with van der Waals surface area (Å²) in [6.07, 6.45) is 0. The van der Waals surface area contributed by atoms with Gasteiger partial charge in [-0.05, 0) is 31.2 Å². The number of rotatable bonds is 5. The Labute approximate surface area is 141 Å². The van der Waals surface area contributed by atoms with Gasteiger partial charge in [0.1, 0.15) is 5.75 Å². The zero-order valence-electron chi connectivity index (χ0n) is 14.0. The maximum atomic E-state index is 12.0. The molecule has 2 heterocycles. The molecule has 0 radical (unpaired) electrons. The highest BCUT2D eigenvalue weighted by molar-refractivity contribution is 5.91. The number of hydrogen-bond donors (Lipinski definition) is 1. The number of anilines is 2. The third kappa shape index (κ3) is 4.05. The first-order valence-corrected chi connectivity index (χ1v) is 7.98. The fraction of sp³-hybridized carbons (Fsp3) is 0.412. The molecule has 0 bridgehead atoms. The van der Waals surface area contributed by atoms with Gasteiger partial charge < -0.3 is 14.2 Å². The molecule has 1 aromatic carbocycles. The molecule has 3 rings (SSSR count). The zero-order valence-corrected chi connectivity index (χ0v) is 14.0. The number of amides is 1. The number of hydrogen-bond acceptors (Lipinski definition) is 6. The van der Waals surface area contributed by atoms with E-state index < -0.39 is 0 Å². The molecular formula is C17H22N4O3. The SMILES string of the molecule is COc1ccc(N2CCN(CC(=O)Nc3cc(C)no3)CC2)cc1. The molecule has 0 unspecified atom stereocenters. The lowest BCUT2D eigenvalue weighted by atomic mass is 10.2. The Kier molecular flexibility index (Phi) is 5.00. The van der Waals surface area contributed by atoms with Gasteiger partial charge in [0.2, 0.25) is 11.8 Å². The van der Waals surface area contributed by atoms with E-state index in [0.29, 0.717) is 12.4 Å². The van der Waals surface area contributed by atoms with Crippen LogP contribution in [-0.4, -0.2) is 55.8 Å². The minimum absolute atomic E-state index is 0.0796. The van der Waals surface area contributed by atoms with Gasteiger partial charge in [-0.3, -0.25) is 15.0 Å². The van der Waals surface area contributed by atoms with Gasteiger partial charge in [0.05, 0.1) is 19.3 Å². The van der Waals surface area contributed by atoms with Crippen molar-refractivity contribution < 1.29 is 14.1 Å². The van der Waals surface area contributed by atoms with Crippen molar-refractivity contribution in [3.63, 3.8) is 0 Å². The number of aryl methyl sites for hydroxylation is 1. The Morgan fingerprint density at radius 1 is 1.25 bits per heavy atom. The average Bonchev–Trinajstić information content (AvgIpc) is 3.00. The third-order valence-corrected chi connectivity index (χ3v) is 4.07. The van der Waals surface area contributed by atoms with E-state index in [1.54, 1.807) is 13.2 Å². The van der Waals surface area contributed by atoms with Crippen LogP contribution in [0.1, 0.15) is 5.69 Å². The molecular weight excluding hydrogens is 308 g/mol. The van der Waals surface area contributed by atoms with E-state index in [0.717, 1.165) is 37.6 Å². The fourth-order valence-corrected chi connectivity index (χ4v) is 2.76. The summed E-state index contributed by atoms with van der Waals surface area (Å²) in [5.74, 6) is 1.18. The molecule has 1 N–H and O–H groups in total. The summed E-state index contributed by atoms with van der Waals surface area (Å²) in [5, 5.41) is 6.48. The van der Waals surface area contributed by atoms with E-state index in [1.165, 1.54) is 5.69 Å². The number of benzene rings is 1. The monoisotopic (exact) mass is 330 g/mol. The molecule has 2 aromatic rings. The number of aromatic nitrogens is 1. The molecule has 128 valence electrons. The number of piperazine rings is 1. The minimum atomic E-state index is -0.0796. The van der Waals surface area contributed by atoms with Crippen molar-refractivity contribution in [2.24, 2.45) is 0 Å². The lowest BCUT2D eigenvalue weighted by Crippen LogP contribution is -2.48. The maximum Gasteiger partial charge on any atom is 0.240 e. The molecule has 0 spiro atoms. The van der Waals surface area contributed by atoms with E-state index in [2.05, 4.69) is 32.4 Å². The van der Waals surface area contributed by atoms with Gasteiger partial charge >= 0.3 is 0 Å². The first-order valence-electron chi connectivity index (χ1n) is 7.98. The number of nitrogens with zero attached hydrogens (tertiary/aromatic N) is 3. The lowest BCUT2D eigenvalue weighted by molar-refractivity contribution is -0.117.